The highest BCUT2D eigenvalue weighted by Crippen LogP contribution is 2.41. The number of aryl methyl sites for hydroxylation is 1. The normalized spacial score (nSPS) is 14.7. The van der Waals surface area contributed by atoms with Crippen molar-refractivity contribution in [1.29, 1.82) is 0 Å². The van der Waals surface area contributed by atoms with Crippen LogP contribution in [0, 0.1) is 6.92 Å². The van der Waals surface area contributed by atoms with Gasteiger partial charge in [-0.3, -0.25) is 0 Å². The summed E-state index contributed by atoms with van der Waals surface area (Å²) < 4.78 is 33.9. The smallest absolute Gasteiger partial charge is 0.475 e. The first-order valence-electron chi connectivity index (χ1n) is 10.5. The molecule has 4 aromatic rings. The molecule has 1 aliphatic rings. The van der Waals surface area contributed by atoms with Crippen molar-refractivity contribution in [3.05, 3.63) is 34.5 Å². The first-order chi connectivity index (χ1) is 16.6. The number of hydrogen-bond donors (Lipinski definition) is 2. The molecule has 14 heteroatoms. The van der Waals surface area contributed by atoms with Gasteiger partial charge < -0.3 is 15.0 Å². The number of carboxylic acids is 1. The minimum Gasteiger partial charge on any atom is -0.475 e. The Balaban J connectivity index is 0.000000364. The van der Waals surface area contributed by atoms with Gasteiger partial charge >= 0.3 is 12.1 Å². The molecule has 0 aromatic carbocycles. The second-order valence-corrected chi connectivity index (χ2v) is 10.5. The lowest BCUT2D eigenvalue weighted by Crippen LogP contribution is -2.27. The quantitative estimate of drug-likeness (QED) is 0.343. The van der Waals surface area contributed by atoms with E-state index in [4.69, 9.17) is 14.9 Å². The Morgan fingerprint density at radius 3 is 2.57 bits per heavy atom. The maximum atomic E-state index is 10.6. The first kappa shape index (κ1) is 25.5. The Kier molecular flexibility index (Phi) is 7.73. The summed E-state index contributed by atoms with van der Waals surface area (Å²) in [7, 11) is 2.07. The van der Waals surface area contributed by atoms with Crippen LogP contribution < -0.4 is 5.32 Å². The van der Waals surface area contributed by atoms with E-state index in [1.807, 2.05) is 6.92 Å². The predicted octanol–water partition coefficient (Wildman–Crippen LogP) is 5.11. The van der Waals surface area contributed by atoms with Gasteiger partial charge in [-0.25, -0.2) is 14.8 Å². The van der Waals surface area contributed by atoms with Crippen LogP contribution in [0.15, 0.2) is 33.1 Å². The minimum atomic E-state index is -5.08. The summed E-state index contributed by atoms with van der Waals surface area (Å²) >= 11 is 5.01. The van der Waals surface area contributed by atoms with Gasteiger partial charge in [0.15, 0.2) is 5.16 Å². The molecule has 1 saturated heterocycles. The number of rotatable bonds is 4. The summed E-state index contributed by atoms with van der Waals surface area (Å²) in [6, 6.07) is 4.23. The second-order valence-electron chi connectivity index (χ2n) is 7.71. The number of nitrogens with one attached hydrogen (secondary N) is 1. The third kappa shape index (κ3) is 5.82. The van der Waals surface area contributed by atoms with Crippen molar-refractivity contribution in [3.8, 4) is 10.4 Å². The average molecular weight is 543 g/mol. The predicted molar refractivity (Wildman–Crippen MR) is 129 cm³/mol. The topological polar surface area (TPSA) is 106 Å². The number of hydrogen-bond acceptors (Lipinski definition) is 9. The molecular weight excluding hydrogens is 521 g/mol. The Labute approximate surface area is 210 Å². The van der Waals surface area contributed by atoms with E-state index in [2.05, 4.69) is 55.0 Å². The molecule has 8 nitrogen and oxygen atoms in total. The van der Waals surface area contributed by atoms with Crippen molar-refractivity contribution in [2.45, 2.75) is 42.0 Å². The van der Waals surface area contributed by atoms with Crippen molar-refractivity contribution < 1.29 is 23.1 Å². The van der Waals surface area contributed by atoms with E-state index in [1.54, 1.807) is 34.4 Å². The van der Waals surface area contributed by atoms with Crippen LogP contribution in [0.5, 0.6) is 0 Å². The number of halogens is 3. The second kappa shape index (κ2) is 10.6. The van der Waals surface area contributed by atoms with Crippen LogP contribution >= 0.6 is 34.4 Å². The SMILES string of the molecule is Cc1nc(Sc2nnc(C3CCNCC3)n2C)c2c(-c3cccs3)csc2n1.O=C(O)C(F)(F)F. The highest BCUT2D eigenvalue weighted by atomic mass is 32.2. The Hall–Kier alpha value is -2.55. The molecule has 4 aromatic heterocycles. The van der Waals surface area contributed by atoms with Gasteiger partial charge in [0.25, 0.3) is 0 Å². The third-order valence-electron chi connectivity index (χ3n) is 5.30. The fourth-order valence-corrected chi connectivity index (χ4v) is 6.48. The molecule has 5 heterocycles. The first-order valence-corrected chi connectivity index (χ1v) is 13.1. The highest BCUT2D eigenvalue weighted by molar-refractivity contribution is 7.99. The molecule has 0 atom stereocenters. The van der Waals surface area contributed by atoms with Crippen LogP contribution in [-0.2, 0) is 11.8 Å². The molecule has 186 valence electrons. The van der Waals surface area contributed by atoms with Crippen molar-refractivity contribution >= 4 is 50.6 Å². The van der Waals surface area contributed by atoms with Crippen LogP contribution in [0.1, 0.15) is 30.4 Å². The lowest BCUT2D eigenvalue weighted by Gasteiger charge is -2.21. The van der Waals surface area contributed by atoms with E-state index in [1.165, 1.54) is 10.4 Å². The number of alkyl halides is 3. The summed E-state index contributed by atoms with van der Waals surface area (Å²) in [6.45, 7) is 4.04. The number of piperidine rings is 1. The van der Waals surface area contributed by atoms with E-state index < -0.39 is 12.1 Å². The van der Waals surface area contributed by atoms with Gasteiger partial charge in [-0.15, -0.1) is 32.9 Å². The molecule has 1 fully saturated rings. The number of carbonyl (C=O) groups is 1. The van der Waals surface area contributed by atoms with Crippen LogP contribution in [0.3, 0.4) is 0 Å². The molecule has 0 radical (unpaired) electrons. The van der Waals surface area contributed by atoms with Gasteiger partial charge in [0.2, 0.25) is 0 Å². The number of fused-ring (bicyclic) bond motifs is 1. The van der Waals surface area contributed by atoms with Gasteiger partial charge in [0, 0.05) is 28.8 Å². The minimum absolute atomic E-state index is 0.475. The maximum Gasteiger partial charge on any atom is 0.490 e. The van der Waals surface area contributed by atoms with Gasteiger partial charge in [-0.1, -0.05) is 6.07 Å². The van der Waals surface area contributed by atoms with Crippen molar-refractivity contribution in [3.63, 3.8) is 0 Å². The molecule has 1 aliphatic heterocycles. The van der Waals surface area contributed by atoms with E-state index in [0.29, 0.717) is 5.92 Å². The zero-order chi connectivity index (χ0) is 25.2. The molecule has 0 bridgehead atoms. The monoisotopic (exact) mass is 542 g/mol. The lowest BCUT2D eigenvalue weighted by atomic mass is 9.97. The van der Waals surface area contributed by atoms with E-state index in [9.17, 15) is 13.2 Å². The molecule has 0 saturated carbocycles. The van der Waals surface area contributed by atoms with Gasteiger partial charge in [-0.05, 0) is 56.1 Å². The molecule has 0 spiro atoms. The van der Waals surface area contributed by atoms with E-state index >= 15 is 0 Å². The van der Waals surface area contributed by atoms with Gasteiger partial charge in [0.1, 0.15) is 21.5 Å². The Bertz CT molecular complexity index is 1310. The maximum absolute atomic E-state index is 10.6. The fraction of sp³-hybridized carbons (Fsp3) is 0.381. The largest absolute Gasteiger partial charge is 0.490 e. The molecular formula is C21H21F3N6O2S3. The molecule has 0 unspecified atom stereocenters. The van der Waals surface area contributed by atoms with E-state index in [0.717, 1.165) is 58.0 Å². The average Bonchev–Trinajstić information content (AvgIpc) is 3.55. The summed E-state index contributed by atoms with van der Waals surface area (Å²) in [4.78, 5) is 20.6. The molecule has 0 amide bonds. The lowest BCUT2D eigenvalue weighted by molar-refractivity contribution is -0.192. The number of carboxylic acid groups (broad SMARTS) is 1. The number of nitrogens with zero attached hydrogens (tertiary/aromatic N) is 5. The summed E-state index contributed by atoms with van der Waals surface area (Å²) in [5.41, 5.74) is 1.21. The standard InChI is InChI=1S/C19H20N6S3.C2HF3O2/c1-11-21-17-15(13(10-27-17)14-4-3-9-26-14)18(22-11)28-19-24-23-16(25(19)2)12-5-7-20-8-6-12;3-2(4,5)1(6)7/h3-4,9-10,12,20H,5-8H2,1-2H3;(H,6,7). The molecule has 5 rings (SSSR count). The van der Waals surface area contributed by atoms with Crippen molar-refractivity contribution in [1.82, 2.24) is 30.0 Å². The molecule has 2 N–H and O–H groups in total. The number of aromatic nitrogens is 5. The van der Waals surface area contributed by atoms with Crippen molar-refractivity contribution in [2.75, 3.05) is 13.1 Å². The number of thiophene rings is 2. The van der Waals surface area contributed by atoms with Crippen LogP contribution in [-0.4, -0.2) is 55.1 Å². The fourth-order valence-electron chi connectivity index (χ4n) is 3.64. The van der Waals surface area contributed by atoms with E-state index in [-0.39, 0.29) is 0 Å². The van der Waals surface area contributed by atoms with Crippen LogP contribution in [0.4, 0.5) is 13.2 Å². The Morgan fingerprint density at radius 1 is 1.23 bits per heavy atom. The summed E-state index contributed by atoms with van der Waals surface area (Å²) in [5, 5.41) is 26.8. The highest BCUT2D eigenvalue weighted by Gasteiger charge is 2.38. The summed E-state index contributed by atoms with van der Waals surface area (Å²) in [6.07, 6.45) is -2.86. The van der Waals surface area contributed by atoms with Gasteiger partial charge in [-0.2, -0.15) is 13.2 Å². The Morgan fingerprint density at radius 2 is 1.94 bits per heavy atom. The van der Waals surface area contributed by atoms with Crippen LogP contribution in [0.25, 0.3) is 20.7 Å². The van der Waals surface area contributed by atoms with Crippen molar-refractivity contribution in [2.24, 2.45) is 7.05 Å². The molecule has 35 heavy (non-hydrogen) atoms. The molecule has 0 aliphatic carbocycles. The zero-order valence-electron chi connectivity index (χ0n) is 18.7. The number of aliphatic carboxylic acids is 1. The summed E-state index contributed by atoms with van der Waals surface area (Å²) in [5.74, 6) is -0.416. The van der Waals surface area contributed by atoms with Gasteiger partial charge in [0.05, 0.1) is 5.39 Å². The third-order valence-corrected chi connectivity index (χ3v) is 8.10. The zero-order valence-corrected chi connectivity index (χ0v) is 21.1. The van der Waals surface area contributed by atoms with Crippen LogP contribution in [0.2, 0.25) is 0 Å².